The molecule has 1 saturated heterocycles. The summed E-state index contributed by atoms with van der Waals surface area (Å²) in [5, 5.41) is 0. The summed E-state index contributed by atoms with van der Waals surface area (Å²) < 4.78 is 26.9. The van der Waals surface area contributed by atoms with Gasteiger partial charge in [0.1, 0.15) is 10.7 Å². The van der Waals surface area contributed by atoms with E-state index in [1.54, 1.807) is 0 Å². The van der Waals surface area contributed by atoms with Crippen LogP contribution in [0.25, 0.3) is 0 Å². The van der Waals surface area contributed by atoms with Crippen LogP contribution >= 0.6 is 15.9 Å². The van der Waals surface area contributed by atoms with Crippen molar-refractivity contribution in [3.63, 3.8) is 0 Å². The number of Topliss-reactive ketones (excluding diaryl/α,β-unsaturated/α-hetero) is 1. The molecule has 1 atom stereocenters. The molecule has 1 aromatic heterocycles. The third kappa shape index (κ3) is 3.21. The van der Waals surface area contributed by atoms with E-state index in [4.69, 9.17) is 0 Å². The van der Waals surface area contributed by atoms with Crippen molar-refractivity contribution in [1.29, 1.82) is 0 Å². The van der Waals surface area contributed by atoms with Crippen LogP contribution < -0.4 is 0 Å². The summed E-state index contributed by atoms with van der Waals surface area (Å²) in [5.41, 5.74) is 0. The van der Waals surface area contributed by atoms with Crippen LogP contribution in [-0.4, -0.2) is 36.6 Å². The van der Waals surface area contributed by atoms with Crippen LogP contribution in [0.1, 0.15) is 19.8 Å². The molecule has 0 N–H and O–H groups in total. The van der Waals surface area contributed by atoms with Crippen molar-refractivity contribution < 1.29 is 13.2 Å². The lowest BCUT2D eigenvalue weighted by molar-refractivity contribution is -0.121. The average molecular weight is 347 g/mol. The molecule has 1 aromatic rings. The number of carbonyl (C=O) groups excluding carboxylic acids is 1. The molecule has 0 aromatic carbocycles. The van der Waals surface area contributed by atoms with Crippen molar-refractivity contribution in [2.75, 3.05) is 13.1 Å². The molecule has 1 aliphatic heterocycles. The predicted octanol–water partition coefficient (Wildman–Crippen LogP) is 1.83. The van der Waals surface area contributed by atoms with Gasteiger partial charge in [0.2, 0.25) is 10.0 Å². The molecule has 1 fully saturated rings. The smallest absolute Gasteiger partial charge is 0.244 e. The van der Waals surface area contributed by atoms with E-state index in [1.807, 2.05) is 0 Å². The van der Waals surface area contributed by atoms with E-state index in [0.717, 1.165) is 6.42 Å². The summed E-state index contributed by atoms with van der Waals surface area (Å²) in [7, 11) is -3.56. The number of aromatic nitrogens is 1. The minimum Gasteiger partial charge on any atom is -0.300 e. The molecular weight excluding hydrogens is 332 g/mol. The highest BCUT2D eigenvalue weighted by atomic mass is 79.9. The SMILES string of the molecule is CC(=O)C1CCCN(S(=O)(=O)c2cncc(Br)c2)C1. The Hall–Kier alpha value is -0.790. The highest BCUT2D eigenvalue weighted by molar-refractivity contribution is 9.10. The Labute approximate surface area is 121 Å². The molecule has 19 heavy (non-hydrogen) atoms. The Morgan fingerprint density at radius 1 is 1.47 bits per heavy atom. The van der Waals surface area contributed by atoms with Crippen molar-refractivity contribution in [1.82, 2.24) is 9.29 Å². The van der Waals surface area contributed by atoms with E-state index in [-0.39, 0.29) is 23.1 Å². The molecule has 0 aliphatic carbocycles. The zero-order valence-electron chi connectivity index (χ0n) is 10.5. The van der Waals surface area contributed by atoms with E-state index in [2.05, 4.69) is 20.9 Å². The molecule has 0 amide bonds. The Kier molecular flexibility index (Phi) is 4.37. The number of halogens is 1. The standard InChI is InChI=1S/C12H15BrN2O3S/c1-9(16)10-3-2-4-15(8-10)19(17,18)12-5-11(13)6-14-7-12/h5-7,10H,2-4,8H2,1H3. The number of hydrogen-bond donors (Lipinski definition) is 0. The van der Waals surface area contributed by atoms with E-state index < -0.39 is 10.0 Å². The molecule has 0 saturated carbocycles. The minimum atomic E-state index is -3.56. The zero-order valence-corrected chi connectivity index (χ0v) is 12.9. The summed E-state index contributed by atoms with van der Waals surface area (Å²) in [5.74, 6) is -0.143. The van der Waals surface area contributed by atoms with Gasteiger partial charge in [-0.3, -0.25) is 9.78 Å². The van der Waals surface area contributed by atoms with Gasteiger partial charge in [-0.15, -0.1) is 0 Å². The maximum Gasteiger partial charge on any atom is 0.244 e. The van der Waals surface area contributed by atoms with E-state index in [0.29, 0.717) is 17.4 Å². The summed E-state index contributed by atoms with van der Waals surface area (Å²) in [6.45, 7) is 2.24. The van der Waals surface area contributed by atoms with Crippen LogP contribution in [0.2, 0.25) is 0 Å². The zero-order chi connectivity index (χ0) is 14.0. The molecule has 0 spiro atoms. The lowest BCUT2D eigenvalue weighted by Crippen LogP contribution is -2.41. The van der Waals surface area contributed by atoms with Gasteiger partial charge in [-0.25, -0.2) is 8.42 Å². The fourth-order valence-electron chi connectivity index (χ4n) is 2.18. The molecule has 104 valence electrons. The van der Waals surface area contributed by atoms with Crippen LogP contribution in [0.5, 0.6) is 0 Å². The van der Waals surface area contributed by atoms with Crippen molar-refractivity contribution in [2.45, 2.75) is 24.7 Å². The number of carbonyl (C=O) groups is 1. The van der Waals surface area contributed by atoms with Crippen LogP contribution in [-0.2, 0) is 14.8 Å². The first-order valence-electron chi connectivity index (χ1n) is 6.02. The lowest BCUT2D eigenvalue weighted by Gasteiger charge is -2.30. The molecule has 2 rings (SSSR count). The third-order valence-electron chi connectivity index (χ3n) is 3.28. The topological polar surface area (TPSA) is 67.3 Å². The predicted molar refractivity (Wildman–Crippen MR) is 74.1 cm³/mol. The Morgan fingerprint density at radius 2 is 2.21 bits per heavy atom. The van der Waals surface area contributed by atoms with Crippen molar-refractivity contribution in [3.8, 4) is 0 Å². The first-order valence-corrected chi connectivity index (χ1v) is 8.25. The second-order valence-electron chi connectivity index (χ2n) is 4.65. The van der Waals surface area contributed by atoms with Crippen LogP contribution in [0.15, 0.2) is 27.8 Å². The summed E-state index contributed by atoms with van der Waals surface area (Å²) in [4.78, 5) is 15.5. The Morgan fingerprint density at radius 3 is 2.84 bits per heavy atom. The van der Waals surface area contributed by atoms with E-state index in [1.165, 1.54) is 29.7 Å². The molecule has 7 heteroatoms. The quantitative estimate of drug-likeness (QED) is 0.837. The fourth-order valence-corrected chi connectivity index (χ4v) is 4.21. The summed E-state index contributed by atoms with van der Waals surface area (Å²) in [6.07, 6.45) is 4.34. The maximum absolute atomic E-state index is 12.5. The molecule has 5 nitrogen and oxygen atoms in total. The fraction of sp³-hybridized carbons (Fsp3) is 0.500. The van der Waals surface area contributed by atoms with Crippen molar-refractivity contribution >= 4 is 31.7 Å². The molecule has 1 aliphatic rings. The first kappa shape index (κ1) is 14.6. The lowest BCUT2D eigenvalue weighted by atomic mass is 9.96. The van der Waals surface area contributed by atoms with Gasteiger partial charge in [0.25, 0.3) is 0 Å². The van der Waals surface area contributed by atoms with Crippen LogP contribution in [0, 0.1) is 5.92 Å². The number of rotatable bonds is 3. The van der Waals surface area contributed by atoms with Gasteiger partial charge >= 0.3 is 0 Å². The molecule has 2 heterocycles. The number of hydrogen-bond acceptors (Lipinski definition) is 4. The normalized spacial score (nSPS) is 21.3. The van der Waals surface area contributed by atoms with Crippen LogP contribution in [0.3, 0.4) is 0 Å². The monoisotopic (exact) mass is 346 g/mol. The van der Waals surface area contributed by atoms with Gasteiger partial charge in [-0.2, -0.15) is 4.31 Å². The van der Waals surface area contributed by atoms with Gasteiger partial charge in [0.15, 0.2) is 0 Å². The Balaban J connectivity index is 2.27. The minimum absolute atomic E-state index is 0.0484. The second kappa shape index (κ2) is 5.68. The number of nitrogens with zero attached hydrogens (tertiary/aromatic N) is 2. The van der Waals surface area contributed by atoms with E-state index in [9.17, 15) is 13.2 Å². The number of piperidine rings is 1. The molecule has 0 bridgehead atoms. The molecule has 0 radical (unpaired) electrons. The maximum atomic E-state index is 12.5. The summed E-state index contributed by atoms with van der Waals surface area (Å²) >= 11 is 3.21. The number of sulfonamides is 1. The third-order valence-corrected chi connectivity index (χ3v) is 5.54. The largest absolute Gasteiger partial charge is 0.300 e. The van der Waals surface area contributed by atoms with Gasteiger partial charge in [-0.1, -0.05) is 0 Å². The van der Waals surface area contributed by atoms with E-state index >= 15 is 0 Å². The first-order chi connectivity index (χ1) is 8.91. The van der Waals surface area contributed by atoms with Gasteiger partial charge in [0, 0.05) is 35.9 Å². The van der Waals surface area contributed by atoms with Gasteiger partial charge < -0.3 is 0 Å². The highest BCUT2D eigenvalue weighted by Gasteiger charge is 2.32. The highest BCUT2D eigenvalue weighted by Crippen LogP contribution is 2.25. The molecule has 1 unspecified atom stereocenters. The number of ketones is 1. The average Bonchev–Trinajstić information content (AvgIpc) is 2.39. The van der Waals surface area contributed by atoms with Crippen LogP contribution in [0.4, 0.5) is 0 Å². The summed E-state index contributed by atoms with van der Waals surface area (Å²) in [6, 6.07) is 1.53. The second-order valence-corrected chi connectivity index (χ2v) is 7.51. The molecular formula is C12H15BrN2O3S. The van der Waals surface area contributed by atoms with Crippen molar-refractivity contribution in [3.05, 3.63) is 22.9 Å². The number of pyridine rings is 1. The Bertz CT molecular complexity index is 588. The van der Waals surface area contributed by atoms with Gasteiger partial charge in [0.05, 0.1) is 0 Å². The van der Waals surface area contributed by atoms with Crippen molar-refractivity contribution in [2.24, 2.45) is 5.92 Å². The van der Waals surface area contributed by atoms with Gasteiger partial charge in [-0.05, 0) is 41.8 Å².